The van der Waals surface area contributed by atoms with Crippen molar-refractivity contribution in [2.75, 3.05) is 70.5 Å². The van der Waals surface area contributed by atoms with Crippen molar-refractivity contribution >= 4 is 31.6 Å². The minimum Gasteiger partial charge on any atom is -0.490 e. The lowest BCUT2D eigenvalue weighted by atomic mass is 9.84. The van der Waals surface area contributed by atoms with Crippen molar-refractivity contribution in [3.63, 3.8) is 0 Å². The fourth-order valence-electron chi connectivity index (χ4n) is 6.25. The summed E-state index contributed by atoms with van der Waals surface area (Å²) < 4.78 is 58.4. The Morgan fingerprint density at radius 2 is 1.66 bits per heavy atom. The van der Waals surface area contributed by atoms with E-state index >= 15 is 0 Å². The van der Waals surface area contributed by atoms with E-state index in [9.17, 15) is 8.42 Å². The number of nitrogens with zero attached hydrogens (tertiary/aromatic N) is 2. The van der Waals surface area contributed by atoms with Gasteiger partial charge in [0.15, 0.2) is 0 Å². The van der Waals surface area contributed by atoms with E-state index in [0.29, 0.717) is 56.3 Å². The highest BCUT2D eigenvalue weighted by Crippen LogP contribution is 2.38. The van der Waals surface area contributed by atoms with Crippen LogP contribution in [0.15, 0.2) is 71.6 Å². The maximum atomic E-state index is 14.0. The summed E-state index contributed by atoms with van der Waals surface area (Å²) in [6.45, 7) is 7.20. The largest absolute Gasteiger partial charge is 0.490 e. The first-order valence-corrected chi connectivity index (χ1v) is 18.8. The summed E-state index contributed by atoms with van der Waals surface area (Å²) in [5.41, 5.74) is 5.28. The molecule has 1 fully saturated rings. The third kappa shape index (κ3) is 9.14. The average Bonchev–Trinajstić information content (AvgIpc) is 3.09. The van der Waals surface area contributed by atoms with E-state index in [2.05, 4.69) is 51.2 Å². The molecule has 47 heavy (non-hydrogen) atoms. The third-order valence-corrected chi connectivity index (χ3v) is 11.6. The number of aryl methyl sites for hydroxylation is 1. The van der Waals surface area contributed by atoms with E-state index in [-0.39, 0.29) is 24.6 Å². The van der Waals surface area contributed by atoms with Gasteiger partial charge in [0.05, 0.1) is 49.7 Å². The van der Waals surface area contributed by atoms with Crippen molar-refractivity contribution in [1.82, 2.24) is 4.31 Å². The number of alkyl halides is 1. The van der Waals surface area contributed by atoms with Crippen LogP contribution in [0, 0.1) is 6.92 Å². The molecule has 0 aliphatic carbocycles. The number of hydrogen-bond donors (Lipinski definition) is 0. The molecule has 3 aromatic rings. The molecule has 0 radical (unpaired) electrons. The molecule has 5 rings (SSSR count). The van der Waals surface area contributed by atoms with E-state index < -0.39 is 10.0 Å². The van der Waals surface area contributed by atoms with Gasteiger partial charge in [-0.25, -0.2) is 8.42 Å². The van der Waals surface area contributed by atoms with Gasteiger partial charge in [0, 0.05) is 51.2 Å². The molecule has 2 heterocycles. The standard InChI is InChI=1S/C36H47BrN2O7S/c1-27-5-12-32(13-6-27)47(40,41)39-24-36(33(22-31(39)23-37)30-10-7-28(8-11-30)25-44-20-19-43-3)46-26-29-9-14-35-34(21-29)38(16-18-45-35)15-4-17-42-2/h5-14,21,31,33,36H,4,15-20,22-26H2,1-3H3/t31-,33+,36-/m0/s1. The van der Waals surface area contributed by atoms with Crippen LogP contribution in [-0.4, -0.2) is 90.5 Å². The smallest absolute Gasteiger partial charge is 0.243 e. The van der Waals surface area contributed by atoms with Crippen molar-refractivity contribution in [2.24, 2.45) is 0 Å². The number of ether oxygens (including phenoxy) is 5. The Morgan fingerprint density at radius 1 is 0.915 bits per heavy atom. The van der Waals surface area contributed by atoms with Gasteiger partial charge in [-0.05, 0) is 60.7 Å². The van der Waals surface area contributed by atoms with E-state index in [1.807, 2.05) is 31.2 Å². The summed E-state index contributed by atoms with van der Waals surface area (Å²) in [6, 6.07) is 21.4. The fourth-order valence-corrected chi connectivity index (χ4v) is 8.71. The Morgan fingerprint density at radius 3 is 2.38 bits per heavy atom. The lowest BCUT2D eigenvalue weighted by molar-refractivity contribution is -0.0169. The summed E-state index contributed by atoms with van der Waals surface area (Å²) in [5.74, 6) is 0.867. The van der Waals surface area contributed by atoms with Gasteiger partial charge in [-0.1, -0.05) is 64.0 Å². The van der Waals surface area contributed by atoms with Gasteiger partial charge in [-0.3, -0.25) is 0 Å². The Hall–Kier alpha value is -2.51. The van der Waals surface area contributed by atoms with E-state index in [1.54, 1.807) is 30.7 Å². The Bertz CT molecular complexity index is 1520. The minimum absolute atomic E-state index is 0.00280. The number of fused-ring (bicyclic) bond motifs is 1. The third-order valence-electron chi connectivity index (χ3n) is 8.88. The minimum atomic E-state index is -3.75. The highest BCUT2D eigenvalue weighted by Gasteiger charge is 2.42. The molecule has 11 heteroatoms. The molecular weight excluding hydrogens is 684 g/mol. The summed E-state index contributed by atoms with van der Waals surface area (Å²) in [7, 11) is -0.367. The monoisotopic (exact) mass is 730 g/mol. The van der Waals surface area contributed by atoms with Crippen LogP contribution in [0.25, 0.3) is 0 Å². The van der Waals surface area contributed by atoms with Gasteiger partial charge in [0.1, 0.15) is 12.4 Å². The normalized spacial score (nSPS) is 20.2. The van der Waals surface area contributed by atoms with Crippen LogP contribution in [0.5, 0.6) is 5.75 Å². The Balaban J connectivity index is 1.38. The zero-order valence-corrected chi connectivity index (χ0v) is 30.0. The molecule has 3 atom stereocenters. The van der Waals surface area contributed by atoms with Crippen LogP contribution in [0.2, 0.25) is 0 Å². The molecule has 2 aliphatic rings. The molecule has 0 unspecified atom stereocenters. The van der Waals surface area contributed by atoms with Crippen molar-refractivity contribution < 1.29 is 32.1 Å². The molecule has 0 amide bonds. The van der Waals surface area contributed by atoms with Gasteiger partial charge < -0.3 is 28.6 Å². The Labute approximate surface area is 288 Å². The topological polar surface area (TPSA) is 86.8 Å². The van der Waals surface area contributed by atoms with Crippen LogP contribution >= 0.6 is 15.9 Å². The molecule has 0 saturated carbocycles. The van der Waals surface area contributed by atoms with Crippen LogP contribution in [0.4, 0.5) is 5.69 Å². The lowest BCUT2D eigenvalue weighted by Gasteiger charge is -2.43. The van der Waals surface area contributed by atoms with Gasteiger partial charge >= 0.3 is 0 Å². The molecule has 0 aromatic heterocycles. The maximum Gasteiger partial charge on any atom is 0.243 e. The van der Waals surface area contributed by atoms with Crippen molar-refractivity contribution in [1.29, 1.82) is 0 Å². The quantitative estimate of drug-likeness (QED) is 0.133. The van der Waals surface area contributed by atoms with Gasteiger partial charge in [0.25, 0.3) is 0 Å². The number of benzene rings is 3. The molecule has 3 aromatic carbocycles. The number of sulfonamides is 1. The van der Waals surface area contributed by atoms with E-state index in [4.69, 9.17) is 23.7 Å². The number of rotatable bonds is 16. The molecule has 2 aliphatic heterocycles. The predicted molar refractivity (Wildman–Crippen MR) is 187 cm³/mol. The number of methoxy groups -OCH3 is 2. The van der Waals surface area contributed by atoms with Crippen molar-refractivity contribution in [3.8, 4) is 5.75 Å². The molecular formula is C36H47BrN2O7S. The number of halogens is 1. The number of anilines is 1. The van der Waals surface area contributed by atoms with Gasteiger partial charge in [-0.2, -0.15) is 4.31 Å². The van der Waals surface area contributed by atoms with Crippen LogP contribution in [-0.2, 0) is 42.2 Å². The summed E-state index contributed by atoms with van der Waals surface area (Å²) in [6.07, 6.45) is 1.19. The average molecular weight is 732 g/mol. The van der Waals surface area contributed by atoms with Crippen molar-refractivity contribution in [3.05, 3.63) is 89.0 Å². The molecule has 0 N–H and O–H groups in total. The van der Waals surface area contributed by atoms with E-state index in [0.717, 1.165) is 53.2 Å². The van der Waals surface area contributed by atoms with E-state index in [1.165, 1.54) is 0 Å². The summed E-state index contributed by atoms with van der Waals surface area (Å²) >= 11 is 3.64. The summed E-state index contributed by atoms with van der Waals surface area (Å²) in [5, 5.41) is 0.524. The van der Waals surface area contributed by atoms with Crippen LogP contribution < -0.4 is 9.64 Å². The highest BCUT2D eigenvalue weighted by atomic mass is 79.9. The fraction of sp³-hybridized carbons (Fsp3) is 0.500. The Kier molecular flexibility index (Phi) is 13.1. The first-order chi connectivity index (χ1) is 22.8. The van der Waals surface area contributed by atoms with Crippen LogP contribution in [0.3, 0.4) is 0 Å². The molecule has 0 bridgehead atoms. The lowest BCUT2D eigenvalue weighted by Crippen LogP contribution is -2.53. The number of hydrogen-bond acceptors (Lipinski definition) is 8. The molecule has 0 spiro atoms. The zero-order chi connectivity index (χ0) is 33.2. The second-order valence-corrected chi connectivity index (χ2v) is 14.7. The zero-order valence-electron chi connectivity index (χ0n) is 27.6. The molecule has 256 valence electrons. The predicted octanol–water partition coefficient (Wildman–Crippen LogP) is 5.92. The maximum absolute atomic E-state index is 14.0. The second-order valence-electron chi connectivity index (χ2n) is 12.2. The van der Waals surface area contributed by atoms with Crippen molar-refractivity contribution in [2.45, 2.75) is 55.9 Å². The SMILES string of the molecule is COCCCN1CCOc2ccc(CO[C@H]3CN(S(=O)(=O)c4ccc(C)cc4)[C@H](CBr)C[C@@H]3c3ccc(COCCOC)cc3)cc21. The second kappa shape index (κ2) is 17.2. The number of piperidine rings is 1. The first-order valence-electron chi connectivity index (χ1n) is 16.2. The van der Waals surface area contributed by atoms with Gasteiger partial charge in [0.2, 0.25) is 10.0 Å². The first kappa shape index (κ1) is 35.8. The van der Waals surface area contributed by atoms with Gasteiger partial charge in [-0.15, -0.1) is 0 Å². The summed E-state index contributed by atoms with van der Waals surface area (Å²) in [4.78, 5) is 2.63. The molecule has 9 nitrogen and oxygen atoms in total. The van der Waals surface area contributed by atoms with Crippen LogP contribution in [0.1, 0.15) is 41.0 Å². The highest BCUT2D eigenvalue weighted by molar-refractivity contribution is 9.09. The molecule has 1 saturated heterocycles.